The fourth-order valence-electron chi connectivity index (χ4n) is 4.25. The number of carbonyl (C=O) groups excluding carboxylic acids is 1. The molecular formula is C19H17FN4O3. The average molecular weight is 368 g/mol. The number of nitrogens with two attached hydrogens (primary N) is 1. The predicted octanol–water partition coefficient (Wildman–Crippen LogP) is 2.04. The number of halogens is 1. The molecule has 3 aliphatic rings. The molecule has 1 aromatic carbocycles. The smallest absolute Gasteiger partial charge is 0.282 e. The maximum absolute atomic E-state index is 14.6. The third-order valence-corrected chi connectivity index (χ3v) is 5.86. The summed E-state index contributed by atoms with van der Waals surface area (Å²) < 4.78 is 25.0. The van der Waals surface area contributed by atoms with Gasteiger partial charge in [-0.25, -0.2) is 14.4 Å². The van der Waals surface area contributed by atoms with E-state index in [1.807, 2.05) is 0 Å². The Balaban J connectivity index is 1.43. The van der Waals surface area contributed by atoms with Crippen LogP contribution in [-0.4, -0.2) is 30.6 Å². The van der Waals surface area contributed by atoms with Gasteiger partial charge >= 0.3 is 0 Å². The third kappa shape index (κ3) is 2.09. The molecule has 0 saturated heterocycles. The molecule has 1 aliphatic heterocycles. The molecule has 7 nitrogen and oxygen atoms in total. The molecule has 2 fully saturated rings. The first kappa shape index (κ1) is 16.0. The van der Waals surface area contributed by atoms with E-state index in [0.29, 0.717) is 23.6 Å². The van der Waals surface area contributed by atoms with Crippen molar-refractivity contribution in [2.75, 3.05) is 19.0 Å². The Labute approximate surface area is 154 Å². The summed E-state index contributed by atoms with van der Waals surface area (Å²) in [6, 6.07) is 7.79. The first-order valence-corrected chi connectivity index (χ1v) is 8.60. The number of aromatic nitrogens is 1. The number of nitrogens with one attached hydrogen (secondary N) is 1. The number of anilines is 1. The van der Waals surface area contributed by atoms with Gasteiger partial charge in [0.05, 0.1) is 13.3 Å². The molecule has 2 aromatic rings. The highest BCUT2D eigenvalue weighted by atomic mass is 19.1. The lowest BCUT2D eigenvalue weighted by Crippen LogP contribution is -2.35. The van der Waals surface area contributed by atoms with E-state index in [1.54, 1.807) is 18.2 Å². The van der Waals surface area contributed by atoms with Gasteiger partial charge in [0.2, 0.25) is 0 Å². The van der Waals surface area contributed by atoms with Crippen LogP contribution >= 0.6 is 0 Å². The van der Waals surface area contributed by atoms with Crippen molar-refractivity contribution in [3.05, 3.63) is 53.6 Å². The molecule has 5 rings (SSSR count). The standard InChI is InChI=1S/C19H17FN4O3/c1-26-11-3-5-14(22-8-11)16(25)23-10-2-4-13(20)12(6-10)19-15-7-18(15,19)9-27-17(21)24-19/h2-6,8,15H,7,9H2,1H3,(H2,21,24)(H,23,25)/t15?,18?,19-/m0/s1. The maximum atomic E-state index is 14.6. The highest BCUT2D eigenvalue weighted by Gasteiger charge is 2.92. The summed E-state index contributed by atoms with van der Waals surface area (Å²) in [6.07, 6.45) is 2.42. The van der Waals surface area contributed by atoms with Gasteiger partial charge in [-0.1, -0.05) is 0 Å². The van der Waals surface area contributed by atoms with Crippen LogP contribution in [0.1, 0.15) is 22.5 Å². The number of pyridine rings is 1. The second-order valence-corrected chi connectivity index (χ2v) is 7.15. The molecule has 1 amide bonds. The first-order valence-electron chi connectivity index (χ1n) is 8.60. The van der Waals surface area contributed by atoms with Crippen LogP contribution in [0.15, 0.2) is 41.5 Å². The normalized spacial score (nSPS) is 29.6. The van der Waals surface area contributed by atoms with Gasteiger partial charge in [0, 0.05) is 22.6 Å². The summed E-state index contributed by atoms with van der Waals surface area (Å²) in [4.78, 5) is 20.9. The summed E-state index contributed by atoms with van der Waals surface area (Å²) >= 11 is 0. The summed E-state index contributed by atoms with van der Waals surface area (Å²) in [5, 5.41) is 2.76. The van der Waals surface area contributed by atoms with Gasteiger partial charge in [-0.15, -0.1) is 0 Å². The number of aliphatic imine (C=N–C) groups is 1. The molecule has 2 aliphatic carbocycles. The van der Waals surface area contributed by atoms with Crippen molar-refractivity contribution in [3.8, 4) is 5.75 Å². The lowest BCUT2D eigenvalue weighted by molar-refractivity contribution is 0.102. The zero-order chi connectivity index (χ0) is 18.8. The van der Waals surface area contributed by atoms with Crippen LogP contribution in [0.2, 0.25) is 0 Å². The summed E-state index contributed by atoms with van der Waals surface area (Å²) in [7, 11) is 1.52. The SMILES string of the molecule is COc1ccc(C(=O)Nc2ccc(F)c([C@@]34N=C(N)OCC35CC54)c2)nc1. The molecule has 2 saturated carbocycles. The van der Waals surface area contributed by atoms with Gasteiger partial charge in [-0.05, 0) is 36.8 Å². The second kappa shape index (κ2) is 5.18. The van der Waals surface area contributed by atoms with Crippen LogP contribution < -0.4 is 15.8 Å². The topological polar surface area (TPSA) is 98.8 Å². The lowest BCUT2D eigenvalue weighted by Gasteiger charge is -2.29. The Hall–Kier alpha value is -3.16. The molecule has 2 heterocycles. The molecule has 0 radical (unpaired) electrons. The molecule has 3 atom stereocenters. The lowest BCUT2D eigenvalue weighted by atomic mass is 9.88. The van der Waals surface area contributed by atoms with Gasteiger partial charge in [-0.3, -0.25) is 4.79 Å². The van der Waals surface area contributed by atoms with Gasteiger partial charge < -0.3 is 20.5 Å². The van der Waals surface area contributed by atoms with Crippen LogP contribution in [0.3, 0.4) is 0 Å². The van der Waals surface area contributed by atoms with Crippen molar-refractivity contribution in [1.82, 2.24) is 4.98 Å². The van der Waals surface area contributed by atoms with Crippen molar-refractivity contribution >= 4 is 17.6 Å². The van der Waals surface area contributed by atoms with Gasteiger partial charge in [-0.2, -0.15) is 0 Å². The molecule has 1 aromatic heterocycles. The zero-order valence-corrected chi connectivity index (χ0v) is 14.5. The number of amidine groups is 1. The quantitative estimate of drug-likeness (QED) is 0.860. The minimum atomic E-state index is -0.654. The molecule has 0 bridgehead atoms. The second-order valence-electron chi connectivity index (χ2n) is 7.15. The Morgan fingerprint density at radius 1 is 1.41 bits per heavy atom. The van der Waals surface area contributed by atoms with E-state index < -0.39 is 11.4 Å². The number of methoxy groups -OCH3 is 1. The van der Waals surface area contributed by atoms with Crippen molar-refractivity contribution in [3.63, 3.8) is 0 Å². The monoisotopic (exact) mass is 368 g/mol. The van der Waals surface area contributed by atoms with E-state index in [1.165, 1.54) is 25.4 Å². The number of carbonyl (C=O) groups is 1. The van der Waals surface area contributed by atoms with Gasteiger partial charge in [0.15, 0.2) is 0 Å². The Bertz CT molecular complexity index is 993. The van der Waals surface area contributed by atoms with E-state index >= 15 is 0 Å². The Morgan fingerprint density at radius 3 is 2.96 bits per heavy atom. The van der Waals surface area contributed by atoms with E-state index in [9.17, 15) is 9.18 Å². The van der Waals surface area contributed by atoms with Crippen molar-refractivity contribution in [2.45, 2.75) is 12.0 Å². The fraction of sp³-hybridized carbons (Fsp3) is 0.316. The van der Waals surface area contributed by atoms with Gasteiger partial charge in [0.1, 0.15) is 29.4 Å². The Morgan fingerprint density at radius 2 is 2.26 bits per heavy atom. The molecular weight excluding hydrogens is 351 g/mol. The van der Waals surface area contributed by atoms with Crippen molar-refractivity contribution < 1.29 is 18.7 Å². The van der Waals surface area contributed by atoms with E-state index in [2.05, 4.69) is 15.3 Å². The number of nitrogens with zero attached hydrogens (tertiary/aromatic N) is 2. The predicted molar refractivity (Wildman–Crippen MR) is 94.9 cm³/mol. The summed E-state index contributed by atoms with van der Waals surface area (Å²) in [5.41, 5.74) is 6.10. The number of hydrogen-bond acceptors (Lipinski definition) is 6. The molecule has 3 N–H and O–H groups in total. The van der Waals surface area contributed by atoms with Gasteiger partial charge in [0.25, 0.3) is 11.9 Å². The van der Waals surface area contributed by atoms with E-state index in [4.69, 9.17) is 15.2 Å². The van der Waals surface area contributed by atoms with E-state index in [-0.39, 0.29) is 28.9 Å². The average Bonchev–Trinajstić information content (AvgIpc) is 3.54. The Kier molecular flexibility index (Phi) is 3.08. The summed E-state index contributed by atoms with van der Waals surface area (Å²) in [5.74, 6) is 0.0525. The van der Waals surface area contributed by atoms with Crippen LogP contribution in [0.5, 0.6) is 5.75 Å². The molecule has 1 spiro atoms. The number of fused-ring (bicyclic) bond motifs is 1. The number of ether oxygens (including phenoxy) is 2. The summed E-state index contributed by atoms with van der Waals surface area (Å²) in [6.45, 7) is 0.457. The minimum absolute atomic E-state index is 0.0871. The largest absolute Gasteiger partial charge is 0.495 e. The minimum Gasteiger partial charge on any atom is -0.495 e. The number of benzene rings is 1. The van der Waals surface area contributed by atoms with Crippen LogP contribution in [0.25, 0.3) is 0 Å². The zero-order valence-electron chi connectivity index (χ0n) is 14.5. The molecule has 27 heavy (non-hydrogen) atoms. The van der Waals surface area contributed by atoms with Crippen LogP contribution in [0, 0.1) is 17.2 Å². The van der Waals surface area contributed by atoms with Crippen molar-refractivity contribution in [1.29, 1.82) is 0 Å². The fourth-order valence-corrected chi connectivity index (χ4v) is 4.25. The van der Waals surface area contributed by atoms with Crippen molar-refractivity contribution in [2.24, 2.45) is 22.1 Å². The number of amides is 1. The third-order valence-electron chi connectivity index (χ3n) is 5.86. The van der Waals surface area contributed by atoms with Crippen LogP contribution in [-0.2, 0) is 10.3 Å². The highest BCUT2D eigenvalue weighted by molar-refractivity contribution is 6.03. The maximum Gasteiger partial charge on any atom is 0.282 e. The van der Waals surface area contributed by atoms with E-state index in [0.717, 1.165) is 6.42 Å². The van der Waals surface area contributed by atoms with Crippen LogP contribution in [0.4, 0.5) is 10.1 Å². The molecule has 138 valence electrons. The highest BCUT2D eigenvalue weighted by Crippen LogP contribution is 2.89. The molecule has 2 unspecified atom stereocenters. The number of hydrogen-bond donors (Lipinski definition) is 2. The number of rotatable bonds is 4. The molecule has 8 heteroatoms. The first-order chi connectivity index (χ1) is 13.0.